The first-order valence-corrected chi connectivity index (χ1v) is 10.7. The van der Waals surface area contributed by atoms with E-state index in [2.05, 4.69) is 0 Å². The van der Waals surface area contributed by atoms with Crippen LogP contribution >= 0.6 is 23.1 Å². The van der Waals surface area contributed by atoms with E-state index < -0.39 is 4.92 Å². The Hall–Kier alpha value is -2.49. The third kappa shape index (κ3) is 4.32. The summed E-state index contributed by atoms with van der Waals surface area (Å²) in [5, 5.41) is 11.5. The molecular formula is C19H21N4O3S2+. The number of thioether (sulfide) groups is 1. The van der Waals surface area contributed by atoms with Crippen molar-refractivity contribution in [2.75, 3.05) is 38.3 Å². The van der Waals surface area contributed by atoms with Gasteiger partial charge >= 0.3 is 0 Å². The molecule has 3 rings (SSSR count). The molecule has 0 unspecified atom stereocenters. The number of fused-ring (bicyclic) bond motifs is 1. The maximum atomic E-state index is 13.2. The number of nitro groups is 1. The molecule has 0 aliphatic heterocycles. The zero-order valence-electron chi connectivity index (χ0n) is 15.8. The van der Waals surface area contributed by atoms with Gasteiger partial charge in [0.05, 0.1) is 42.3 Å². The van der Waals surface area contributed by atoms with Crippen LogP contribution in [0.5, 0.6) is 0 Å². The number of carbonyl (C=O) groups excluding carboxylic acids is 1. The number of nitrogens with one attached hydrogen (secondary N) is 1. The predicted molar refractivity (Wildman–Crippen MR) is 114 cm³/mol. The molecule has 7 nitrogen and oxygen atoms in total. The number of aromatic nitrogens is 1. The van der Waals surface area contributed by atoms with Gasteiger partial charge in [0.25, 0.3) is 11.6 Å². The maximum absolute atomic E-state index is 13.2. The van der Waals surface area contributed by atoms with Gasteiger partial charge in [-0.2, -0.15) is 0 Å². The third-order valence-corrected chi connectivity index (χ3v) is 6.04. The van der Waals surface area contributed by atoms with Crippen LogP contribution in [-0.4, -0.2) is 49.3 Å². The highest BCUT2D eigenvalue weighted by molar-refractivity contribution is 7.98. The van der Waals surface area contributed by atoms with Crippen LogP contribution in [0.2, 0.25) is 0 Å². The zero-order chi connectivity index (χ0) is 20.3. The molecule has 1 amide bonds. The van der Waals surface area contributed by atoms with Crippen molar-refractivity contribution in [1.29, 1.82) is 0 Å². The van der Waals surface area contributed by atoms with Crippen LogP contribution in [0.3, 0.4) is 0 Å². The second-order valence-corrected chi connectivity index (χ2v) is 8.38. The van der Waals surface area contributed by atoms with E-state index in [1.807, 2.05) is 38.6 Å². The van der Waals surface area contributed by atoms with Gasteiger partial charge in [-0.05, 0) is 30.5 Å². The third-order valence-electron chi connectivity index (χ3n) is 4.23. The molecule has 0 radical (unpaired) electrons. The Morgan fingerprint density at radius 3 is 2.57 bits per heavy atom. The standard InChI is InChI=1S/C19H20N4O3S2/c1-21(2)11-12-22(18(24)13-7-9-14(10-8-13)23(25)26)19-20-17-15(27-3)5-4-6-16(17)28-19/h4-10H,11-12H2,1-3H3/p+1. The lowest BCUT2D eigenvalue weighted by Crippen LogP contribution is -3.06. The second kappa shape index (κ2) is 8.68. The Balaban J connectivity index is 1.98. The number of hydrogen-bond acceptors (Lipinski definition) is 6. The SMILES string of the molecule is CSc1cccc2sc(N(CC[NH+](C)C)C(=O)c3ccc([N+](=O)[O-])cc3)nc12. The van der Waals surface area contributed by atoms with Crippen LogP contribution in [0, 0.1) is 10.1 Å². The fraction of sp³-hybridized carbons (Fsp3) is 0.263. The van der Waals surface area contributed by atoms with Crippen LogP contribution in [-0.2, 0) is 0 Å². The molecule has 1 aromatic heterocycles. The smallest absolute Gasteiger partial charge is 0.269 e. The zero-order valence-corrected chi connectivity index (χ0v) is 17.5. The molecule has 28 heavy (non-hydrogen) atoms. The van der Waals surface area contributed by atoms with Crippen molar-refractivity contribution < 1.29 is 14.6 Å². The summed E-state index contributed by atoms with van der Waals surface area (Å²) >= 11 is 3.10. The van der Waals surface area contributed by atoms with Crippen LogP contribution in [0.15, 0.2) is 47.4 Å². The topological polar surface area (TPSA) is 80.8 Å². The summed E-state index contributed by atoms with van der Waals surface area (Å²) in [6.07, 6.45) is 2.00. The largest absolute Gasteiger partial charge is 0.338 e. The van der Waals surface area contributed by atoms with E-state index in [1.54, 1.807) is 16.7 Å². The molecule has 2 aromatic carbocycles. The van der Waals surface area contributed by atoms with Gasteiger partial charge < -0.3 is 4.90 Å². The van der Waals surface area contributed by atoms with Gasteiger partial charge in [-0.1, -0.05) is 17.4 Å². The van der Waals surface area contributed by atoms with Crippen LogP contribution < -0.4 is 9.80 Å². The average molecular weight is 418 g/mol. The first kappa shape index (κ1) is 20.2. The normalized spacial score (nSPS) is 11.1. The fourth-order valence-electron chi connectivity index (χ4n) is 2.69. The number of amides is 1. The van der Waals surface area contributed by atoms with Crippen LogP contribution in [0.25, 0.3) is 10.2 Å². The van der Waals surface area contributed by atoms with Gasteiger partial charge in [-0.15, -0.1) is 11.8 Å². The van der Waals surface area contributed by atoms with Crippen molar-refractivity contribution in [2.24, 2.45) is 0 Å². The summed E-state index contributed by atoms with van der Waals surface area (Å²) in [6, 6.07) is 11.7. The van der Waals surface area contributed by atoms with E-state index in [0.29, 0.717) is 17.2 Å². The van der Waals surface area contributed by atoms with Gasteiger partial charge in [0.15, 0.2) is 5.13 Å². The summed E-state index contributed by atoms with van der Waals surface area (Å²) in [6.45, 7) is 1.26. The van der Waals surface area contributed by atoms with Gasteiger partial charge in [-0.25, -0.2) is 4.98 Å². The number of nitro benzene ring substituents is 1. The number of anilines is 1. The van der Waals surface area contributed by atoms with E-state index in [9.17, 15) is 14.9 Å². The van der Waals surface area contributed by atoms with Gasteiger partial charge in [0.1, 0.15) is 0 Å². The monoisotopic (exact) mass is 417 g/mol. The molecule has 9 heteroatoms. The van der Waals surface area contributed by atoms with Gasteiger partial charge in [0, 0.05) is 22.6 Å². The Bertz CT molecular complexity index is 1000. The lowest BCUT2D eigenvalue weighted by molar-refractivity contribution is -0.856. The van der Waals surface area contributed by atoms with Crippen molar-refractivity contribution in [2.45, 2.75) is 4.90 Å². The highest BCUT2D eigenvalue weighted by Crippen LogP contribution is 2.34. The summed E-state index contributed by atoms with van der Waals surface area (Å²) in [4.78, 5) is 32.3. The summed E-state index contributed by atoms with van der Waals surface area (Å²) in [5.41, 5.74) is 1.27. The predicted octanol–water partition coefficient (Wildman–Crippen LogP) is 2.72. The summed E-state index contributed by atoms with van der Waals surface area (Å²) in [5.74, 6) is -0.207. The first-order chi connectivity index (χ1) is 13.4. The Labute approximate surface area is 171 Å². The van der Waals surface area contributed by atoms with Crippen molar-refractivity contribution in [3.8, 4) is 0 Å². The fourth-order valence-corrected chi connectivity index (χ4v) is 4.34. The summed E-state index contributed by atoms with van der Waals surface area (Å²) < 4.78 is 1.03. The van der Waals surface area contributed by atoms with E-state index in [4.69, 9.17) is 4.98 Å². The van der Waals surface area contributed by atoms with Crippen molar-refractivity contribution in [3.05, 3.63) is 58.1 Å². The number of para-hydroxylation sites is 1. The highest BCUT2D eigenvalue weighted by atomic mass is 32.2. The quantitative estimate of drug-likeness (QED) is 0.363. The molecule has 1 heterocycles. The average Bonchev–Trinajstić information content (AvgIpc) is 3.11. The highest BCUT2D eigenvalue weighted by Gasteiger charge is 2.23. The minimum Gasteiger partial charge on any atom is -0.338 e. The van der Waals surface area contributed by atoms with E-state index in [0.717, 1.165) is 21.7 Å². The number of likely N-dealkylation sites (N-methyl/N-ethyl adjacent to an activating group) is 1. The van der Waals surface area contributed by atoms with Gasteiger partial charge in [0.2, 0.25) is 0 Å². The van der Waals surface area contributed by atoms with E-state index >= 15 is 0 Å². The minimum atomic E-state index is -0.473. The summed E-state index contributed by atoms with van der Waals surface area (Å²) in [7, 11) is 4.05. The molecule has 0 fully saturated rings. The molecular weight excluding hydrogens is 396 g/mol. The Morgan fingerprint density at radius 1 is 1.25 bits per heavy atom. The number of thiazole rings is 1. The van der Waals surface area contributed by atoms with Crippen LogP contribution in [0.1, 0.15) is 10.4 Å². The number of non-ortho nitro benzene ring substituents is 1. The first-order valence-electron chi connectivity index (χ1n) is 8.69. The second-order valence-electron chi connectivity index (χ2n) is 6.52. The number of quaternary nitrogens is 1. The molecule has 0 bridgehead atoms. The molecule has 0 saturated heterocycles. The lowest BCUT2D eigenvalue weighted by Gasteiger charge is -2.20. The molecule has 0 atom stereocenters. The number of benzene rings is 2. The minimum absolute atomic E-state index is 0.0366. The number of rotatable bonds is 7. The Kier molecular flexibility index (Phi) is 6.28. The number of nitrogens with zero attached hydrogens (tertiary/aromatic N) is 3. The van der Waals surface area contributed by atoms with E-state index in [-0.39, 0.29) is 11.6 Å². The van der Waals surface area contributed by atoms with Crippen molar-refractivity contribution >= 4 is 50.0 Å². The molecule has 0 saturated carbocycles. The maximum Gasteiger partial charge on any atom is 0.269 e. The van der Waals surface area contributed by atoms with Crippen LogP contribution in [0.4, 0.5) is 10.8 Å². The van der Waals surface area contributed by atoms with Crippen molar-refractivity contribution in [1.82, 2.24) is 4.98 Å². The lowest BCUT2D eigenvalue weighted by atomic mass is 10.2. The van der Waals surface area contributed by atoms with E-state index in [1.165, 1.54) is 40.5 Å². The molecule has 0 aliphatic carbocycles. The number of hydrogen-bond donors (Lipinski definition) is 1. The molecule has 3 aromatic rings. The molecule has 1 N–H and O–H groups in total. The molecule has 0 aliphatic rings. The molecule has 0 spiro atoms. The van der Waals surface area contributed by atoms with Gasteiger partial charge in [-0.3, -0.25) is 19.8 Å². The van der Waals surface area contributed by atoms with Crippen molar-refractivity contribution in [3.63, 3.8) is 0 Å². The Morgan fingerprint density at radius 2 is 1.96 bits per heavy atom. The molecule has 146 valence electrons. The number of carbonyl (C=O) groups is 1.